The van der Waals surface area contributed by atoms with Crippen LogP contribution in [0.1, 0.15) is 22.5 Å². The SMILES string of the molecule is COc1cc(C(=O)N2C=C3CC2CN3c2cnc(N)cc2OC)ncc1Oc1ccc(C)cc1. The van der Waals surface area contributed by atoms with E-state index in [9.17, 15) is 4.79 Å². The third-order valence-corrected chi connectivity index (χ3v) is 6.00. The van der Waals surface area contributed by atoms with E-state index in [1.165, 1.54) is 13.3 Å². The molecule has 2 N–H and O–H groups in total. The number of carbonyl (C=O) groups is 1. The van der Waals surface area contributed by atoms with Crippen LogP contribution in [0.25, 0.3) is 0 Å². The van der Waals surface area contributed by atoms with Crippen LogP contribution in [0.2, 0.25) is 0 Å². The van der Waals surface area contributed by atoms with E-state index >= 15 is 0 Å². The normalized spacial score (nSPS) is 16.4. The average Bonchev–Trinajstić information content (AvgIpc) is 3.46. The highest BCUT2D eigenvalue weighted by molar-refractivity contribution is 5.94. The quantitative estimate of drug-likeness (QED) is 0.595. The van der Waals surface area contributed by atoms with Gasteiger partial charge in [0.15, 0.2) is 11.5 Å². The standard InChI is InChI=1S/C25H25N5O4/c1-15-4-6-18(7-5-15)34-23-12-27-19(9-22(23)33-3)25(31)30-14-16-8-17(30)13-29(16)20-11-28-24(26)10-21(20)32-2/h4-7,9-12,14,17H,8,13H2,1-3H3,(H2,26,28). The molecular weight excluding hydrogens is 434 g/mol. The van der Waals surface area contributed by atoms with Gasteiger partial charge < -0.3 is 29.7 Å². The van der Waals surface area contributed by atoms with E-state index in [1.54, 1.807) is 30.3 Å². The monoisotopic (exact) mass is 459 g/mol. The number of anilines is 2. The molecule has 1 amide bonds. The maximum atomic E-state index is 13.3. The van der Waals surface area contributed by atoms with Crippen molar-refractivity contribution in [3.63, 3.8) is 0 Å². The molecule has 1 atom stereocenters. The van der Waals surface area contributed by atoms with E-state index in [0.29, 0.717) is 35.4 Å². The average molecular weight is 460 g/mol. The number of aromatic nitrogens is 2. The molecule has 4 heterocycles. The van der Waals surface area contributed by atoms with Crippen molar-refractivity contribution < 1.29 is 19.0 Å². The molecule has 0 aliphatic carbocycles. The fourth-order valence-electron chi connectivity index (χ4n) is 4.25. The molecule has 2 bridgehead atoms. The second kappa shape index (κ2) is 8.58. The van der Waals surface area contributed by atoms with Gasteiger partial charge in [-0.1, -0.05) is 17.7 Å². The van der Waals surface area contributed by atoms with Gasteiger partial charge in [0.05, 0.1) is 32.7 Å². The van der Waals surface area contributed by atoms with Gasteiger partial charge in [0.25, 0.3) is 5.91 Å². The minimum atomic E-state index is -0.192. The summed E-state index contributed by atoms with van der Waals surface area (Å²) < 4.78 is 16.8. The number of pyridine rings is 2. The van der Waals surface area contributed by atoms with Gasteiger partial charge in [0, 0.05) is 37.0 Å². The van der Waals surface area contributed by atoms with Gasteiger partial charge in [-0.05, 0) is 19.1 Å². The number of fused-ring (bicyclic) bond motifs is 2. The maximum absolute atomic E-state index is 13.3. The Morgan fingerprint density at radius 2 is 1.79 bits per heavy atom. The summed E-state index contributed by atoms with van der Waals surface area (Å²) in [4.78, 5) is 25.7. The van der Waals surface area contributed by atoms with Crippen LogP contribution >= 0.6 is 0 Å². The third-order valence-electron chi connectivity index (χ3n) is 6.00. The summed E-state index contributed by atoms with van der Waals surface area (Å²) in [5, 5.41) is 0. The Hall–Kier alpha value is -4.27. The van der Waals surface area contributed by atoms with E-state index in [2.05, 4.69) is 14.9 Å². The molecule has 2 aliphatic rings. The predicted molar refractivity (Wildman–Crippen MR) is 127 cm³/mol. The number of rotatable bonds is 6. The Balaban J connectivity index is 1.36. The second-order valence-electron chi connectivity index (χ2n) is 8.22. The molecular formula is C25H25N5O4. The lowest BCUT2D eigenvalue weighted by Gasteiger charge is -2.30. The summed E-state index contributed by atoms with van der Waals surface area (Å²) in [6.45, 7) is 2.64. The molecule has 3 aromatic rings. The van der Waals surface area contributed by atoms with Crippen molar-refractivity contribution in [2.24, 2.45) is 0 Å². The second-order valence-corrected chi connectivity index (χ2v) is 8.22. The molecule has 1 aromatic carbocycles. The van der Waals surface area contributed by atoms with Gasteiger partial charge >= 0.3 is 0 Å². The number of nitrogen functional groups attached to an aromatic ring is 1. The minimum absolute atomic E-state index is 0.0129. The van der Waals surface area contributed by atoms with E-state index in [4.69, 9.17) is 19.9 Å². The largest absolute Gasteiger partial charge is 0.494 e. The van der Waals surface area contributed by atoms with E-state index < -0.39 is 0 Å². The number of ether oxygens (including phenoxy) is 3. The number of nitrogens with zero attached hydrogens (tertiary/aromatic N) is 4. The fraction of sp³-hybridized carbons (Fsp3) is 0.240. The van der Waals surface area contributed by atoms with Crippen LogP contribution in [0, 0.1) is 6.92 Å². The molecule has 1 fully saturated rings. The number of amides is 1. The van der Waals surface area contributed by atoms with Gasteiger partial charge in [-0.2, -0.15) is 0 Å². The van der Waals surface area contributed by atoms with E-state index in [0.717, 1.165) is 23.4 Å². The number of methoxy groups -OCH3 is 2. The lowest BCUT2D eigenvalue weighted by Crippen LogP contribution is -2.40. The Morgan fingerprint density at radius 3 is 2.47 bits per heavy atom. The lowest BCUT2D eigenvalue weighted by molar-refractivity contribution is 0.0783. The van der Waals surface area contributed by atoms with Crippen molar-refractivity contribution in [2.45, 2.75) is 19.4 Å². The molecule has 2 aliphatic heterocycles. The van der Waals surface area contributed by atoms with Gasteiger partial charge in [-0.15, -0.1) is 0 Å². The first kappa shape index (κ1) is 21.6. The molecule has 34 heavy (non-hydrogen) atoms. The highest BCUT2D eigenvalue weighted by Gasteiger charge is 2.41. The Kier molecular flexibility index (Phi) is 5.45. The zero-order valence-electron chi connectivity index (χ0n) is 19.2. The number of nitrogens with two attached hydrogens (primary N) is 1. The molecule has 5 rings (SSSR count). The van der Waals surface area contributed by atoms with Crippen molar-refractivity contribution in [3.05, 3.63) is 71.9 Å². The predicted octanol–water partition coefficient (Wildman–Crippen LogP) is 3.75. The van der Waals surface area contributed by atoms with Crippen LogP contribution in [0.5, 0.6) is 23.0 Å². The molecule has 1 saturated heterocycles. The summed E-state index contributed by atoms with van der Waals surface area (Å²) in [5.41, 5.74) is 9.05. The Bertz CT molecular complexity index is 1270. The van der Waals surface area contributed by atoms with Gasteiger partial charge in [-0.3, -0.25) is 4.79 Å². The van der Waals surface area contributed by atoms with Crippen molar-refractivity contribution in [2.75, 3.05) is 31.4 Å². The van der Waals surface area contributed by atoms with Crippen LogP contribution in [0.3, 0.4) is 0 Å². The molecule has 9 nitrogen and oxygen atoms in total. The van der Waals surface area contributed by atoms with Crippen LogP contribution < -0.4 is 24.8 Å². The lowest BCUT2D eigenvalue weighted by atomic mass is 10.2. The van der Waals surface area contributed by atoms with E-state index in [-0.39, 0.29) is 17.6 Å². The summed E-state index contributed by atoms with van der Waals surface area (Å²) in [5.74, 6) is 2.40. The molecule has 0 radical (unpaired) electrons. The topological polar surface area (TPSA) is 103 Å². The Morgan fingerprint density at radius 1 is 1.03 bits per heavy atom. The van der Waals surface area contributed by atoms with Crippen molar-refractivity contribution in [1.29, 1.82) is 0 Å². The zero-order chi connectivity index (χ0) is 23.8. The first-order chi connectivity index (χ1) is 16.5. The van der Waals surface area contributed by atoms with Crippen LogP contribution in [-0.2, 0) is 0 Å². The van der Waals surface area contributed by atoms with Gasteiger partial charge in [-0.25, -0.2) is 9.97 Å². The fourth-order valence-corrected chi connectivity index (χ4v) is 4.25. The minimum Gasteiger partial charge on any atom is -0.494 e. The first-order valence-electron chi connectivity index (χ1n) is 10.9. The van der Waals surface area contributed by atoms with E-state index in [1.807, 2.05) is 37.4 Å². The van der Waals surface area contributed by atoms with Crippen molar-refractivity contribution >= 4 is 17.4 Å². The molecule has 0 spiro atoms. The summed E-state index contributed by atoms with van der Waals surface area (Å²) in [6.07, 6.45) is 5.81. The molecule has 2 aromatic heterocycles. The van der Waals surface area contributed by atoms with Crippen molar-refractivity contribution in [1.82, 2.24) is 14.9 Å². The van der Waals surface area contributed by atoms with Crippen LogP contribution in [-0.4, -0.2) is 47.6 Å². The summed E-state index contributed by atoms with van der Waals surface area (Å²) in [6, 6.07) is 11.0. The molecule has 174 valence electrons. The summed E-state index contributed by atoms with van der Waals surface area (Å²) >= 11 is 0. The summed E-state index contributed by atoms with van der Waals surface area (Å²) in [7, 11) is 3.14. The van der Waals surface area contributed by atoms with Crippen molar-refractivity contribution in [3.8, 4) is 23.0 Å². The van der Waals surface area contributed by atoms with Crippen LogP contribution in [0.15, 0.2) is 60.7 Å². The molecule has 9 heteroatoms. The number of hydrogen-bond acceptors (Lipinski definition) is 8. The first-order valence-corrected chi connectivity index (χ1v) is 10.9. The van der Waals surface area contributed by atoms with Gasteiger partial charge in [0.2, 0.25) is 0 Å². The number of hydrogen-bond donors (Lipinski definition) is 1. The highest BCUT2D eigenvalue weighted by atomic mass is 16.5. The smallest absolute Gasteiger partial charge is 0.276 e. The maximum Gasteiger partial charge on any atom is 0.276 e. The Labute approximate surface area is 197 Å². The molecule has 0 saturated carbocycles. The highest BCUT2D eigenvalue weighted by Crippen LogP contribution is 2.41. The zero-order valence-corrected chi connectivity index (χ0v) is 19.2. The molecule has 1 unspecified atom stereocenters. The van der Waals surface area contributed by atoms with Crippen LogP contribution in [0.4, 0.5) is 11.5 Å². The number of aryl methyl sites for hydroxylation is 1. The third kappa shape index (κ3) is 3.85. The van der Waals surface area contributed by atoms with Gasteiger partial charge in [0.1, 0.15) is 28.7 Å². The number of carbonyl (C=O) groups excluding carboxylic acids is 1. The number of benzene rings is 1.